The molecule has 1 aromatic carbocycles. The van der Waals surface area contributed by atoms with Crippen LogP contribution in [0.2, 0.25) is 0 Å². The van der Waals surface area contributed by atoms with E-state index in [1.165, 1.54) is 10.2 Å². The number of carbonyl (C=O) groups is 1. The Morgan fingerprint density at radius 2 is 2.02 bits per heavy atom. The Kier molecular flexibility index (Phi) is 5.49. The van der Waals surface area contributed by atoms with E-state index in [1.807, 2.05) is 53.4 Å². The number of aryl methyl sites for hydroxylation is 3. The van der Waals surface area contributed by atoms with E-state index in [-0.39, 0.29) is 28.9 Å². The Hall–Kier alpha value is -4.91. The number of benzene rings is 1. The summed E-state index contributed by atoms with van der Waals surface area (Å²) in [7, 11) is 0. The summed E-state index contributed by atoms with van der Waals surface area (Å²) in [5, 5.41) is 13.2. The third kappa shape index (κ3) is 4.02. The van der Waals surface area contributed by atoms with Crippen molar-refractivity contribution in [2.45, 2.75) is 58.2 Å². The molecule has 0 bridgehead atoms. The van der Waals surface area contributed by atoms with E-state index in [9.17, 15) is 9.59 Å². The summed E-state index contributed by atoms with van der Waals surface area (Å²) in [6.45, 7) is 4.64. The van der Waals surface area contributed by atoms with Crippen molar-refractivity contribution in [1.82, 2.24) is 34.3 Å². The number of amides is 1. The largest absolute Gasteiger partial charge is 0.381 e. The molecule has 1 fully saturated rings. The molecule has 5 heterocycles. The van der Waals surface area contributed by atoms with Gasteiger partial charge in [0.25, 0.3) is 11.5 Å². The Morgan fingerprint density at radius 1 is 1.18 bits per heavy atom. The lowest BCUT2D eigenvalue weighted by molar-refractivity contribution is 0.0940. The number of anilines is 1. The number of pyridine rings is 1. The highest BCUT2D eigenvalue weighted by atomic mass is 16.2. The molecule has 200 valence electrons. The Labute approximate surface area is 229 Å². The molecule has 1 saturated carbocycles. The van der Waals surface area contributed by atoms with E-state index < -0.39 is 6.04 Å². The number of nitrogens with one attached hydrogen (secondary N) is 1. The van der Waals surface area contributed by atoms with Crippen molar-refractivity contribution in [3.63, 3.8) is 0 Å². The smallest absolute Gasteiger partial charge is 0.260 e. The highest BCUT2D eigenvalue weighted by Crippen LogP contribution is 2.37. The lowest BCUT2D eigenvalue weighted by Crippen LogP contribution is -2.33. The number of nitrogens with zero attached hydrogens (tertiary/aromatic N) is 6. The molecule has 4 aromatic heterocycles. The molecule has 1 unspecified atom stereocenters. The fourth-order valence-corrected chi connectivity index (χ4v) is 5.59. The predicted octanol–water partition coefficient (Wildman–Crippen LogP) is 3.30. The maximum atomic E-state index is 14.0. The van der Waals surface area contributed by atoms with Gasteiger partial charge in [0.15, 0.2) is 11.5 Å². The third-order valence-corrected chi connectivity index (χ3v) is 7.68. The summed E-state index contributed by atoms with van der Waals surface area (Å²) in [5.74, 6) is 6.09. The first-order valence-electron chi connectivity index (χ1n) is 13.6. The number of rotatable bonds is 4. The zero-order valence-electron chi connectivity index (χ0n) is 22.3. The predicted molar refractivity (Wildman–Crippen MR) is 151 cm³/mol. The van der Waals surface area contributed by atoms with Gasteiger partial charge in [0, 0.05) is 41.4 Å². The van der Waals surface area contributed by atoms with Crippen LogP contribution in [-0.2, 0) is 13.0 Å². The van der Waals surface area contributed by atoms with Crippen molar-refractivity contribution >= 4 is 28.1 Å². The van der Waals surface area contributed by atoms with Crippen LogP contribution in [0.25, 0.3) is 16.4 Å². The lowest BCUT2D eigenvalue weighted by atomic mass is 10.0. The molecule has 1 aliphatic carbocycles. The Morgan fingerprint density at radius 3 is 2.83 bits per heavy atom. The van der Waals surface area contributed by atoms with Crippen LogP contribution in [0.15, 0.2) is 47.4 Å². The van der Waals surface area contributed by atoms with Gasteiger partial charge in [-0.2, -0.15) is 5.10 Å². The third-order valence-electron chi connectivity index (χ3n) is 7.68. The Bertz CT molecular complexity index is 1940. The minimum absolute atomic E-state index is 0.0924. The van der Waals surface area contributed by atoms with Gasteiger partial charge in [-0.25, -0.2) is 9.50 Å². The fraction of sp³-hybridized carbons (Fsp3) is 0.300. The van der Waals surface area contributed by atoms with Crippen molar-refractivity contribution in [3.8, 4) is 11.8 Å². The van der Waals surface area contributed by atoms with E-state index in [2.05, 4.69) is 32.3 Å². The quantitative estimate of drug-likeness (QED) is 0.342. The van der Waals surface area contributed by atoms with Crippen LogP contribution in [0.5, 0.6) is 0 Å². The van der Waals surface area contributed by atoms with Crippen molar-refractivity contribution in [3.05, 3.63) is 86.9 Å². The molecule has 1 amide bonds. The molecule has 0 saturated heterocycles. The van der Waals surface area contributed by atoms with E-state index in [1.54, 1.807) is 12.3 Å². The van der Waals surface area contributed by atoms with Gasteiger partial charge in [0.05, 0.1) is 11.4 Å². The lowest BCUT2D eigenvalue weighted by Gasteiger charge is -2.21. The number of nitrogen functional groups attached to an aromatic ring is 1. The van der Waals surface area contributed by atoms with Gasteiger partial charge in [-0.1, -0.05) is 18.1 Å². The zero-order valence-corrected chi connectivity index (χ0v) is 22.3. The van der Waals surface area contributed by atoms with Crippen molar-refractivity contribution in [2.24, 2.45) is 0 Å². The summed E-state index contributed by atoms with van der Waals surface area (Å²) in [5.41, 5.74) is 10.7. The molecular weight excluding hydrogens is 504 g/mol. The molecule has 7 rings (SSSR count). The van der Waals surface area contributed by atoms with Gasteiger partial charge >= 0.3 is 0 Å². The second-order valence-corrected chi connectivity index (χ2v) is 10.6. The highest BCUT2D eigenvalue weighted by Gasteiger charge is 2.30. The van der Waals surface area contributed by atoms with Crippen molar-refractivity contribution in [2.75, 3.05) is 5.73 Å². The molecule has 1 aliphatic heterocycles. The van der Waals surface area contributed by atoms with Crippen LogP contribution in [-0.4, -0.2) is 34.9 Å². The van der Waals surface area contributed by atoms with Crippen LogP contribution in [0.3, 0.4) is 0 Å². The second-order valence-electron chi connectivity index (χ2n) is 10.6. The van der Waals surface area contributed by atoms with Crippen LogP contribution in [0.4, 0.5) is 5.82 Å². The minimum atomic E-state index is -0.466. The average molecular weight is 533 g/mol. The minimum Gasteiger partial charge on any atom is -0.381 e. The van der Waals surface area contributed by atoms with Crippen LogP contribution in [0, 0.1) is 18.8 Å². The molecule has 10 heteroatoms. The number of hydrogen-bond donors (Lipinski definition) is 2. The standard InChI is InChI=1S/C30H28N8O2/c1-17-12-14-37-28(32-17)26(27(31)35-37)29(39)33-18(2)24-15-20-6-3-5-19(25(20)30(40)38(24)22-10-11-22)8-9-21-16-23-7-4-13-36(23)34-21/h3,5-6,12,14-16,18,22H,4,7,10-11,13H2,1-2H3,(H2,31,35)(H,33,39). The van der Waals surface area contributed by atoms with Gasteiger partial charge in [-0.3, -0.25) is 14.3 Å². The topological polar surface area (TPSA) is 125 Å². The maximum absolute atomic E-state index is 14.0. The summed E-state index contributed by atoms with van der Waals surface area (Å²) in [6, 6.07) is 11.1. The molecule has 0 radical (unpaired) electrons. The van der Waals surface area contributed by atoms with Gasteiger partial charge in [0.2, 0.25) is 0 Å². The van der Waals surface area contributed by atoms with Gasteiger partial charge in [0.1, 0.15) is 11.3 Å². The SMILES string of the molecule is Cc1ccn2nc(N)c(C(=O)NC(C)c3cc4cccc(C#Cc5cc6n(n5)CCC6)c4c(=O)n3C3CC3)c2n1. The summed E-state index contributed by atoms with van der Waals surface area (Å²) in [4.78, 5) is 31.8. The second kappa shape index (κ2) is 9.09. The molecule has 40 heavy (non-hydrogen) atoms. The first kappa shape index (κ1) is 24.2. The van der Waals surface area contributed by atoms with Crippen molar-refractivity contribution < 1.29 is 4.79 Å². The van der Waals surface area contributed by atoms with E-state index >= 15 is 0 Å². The normalized spacial score (nSPS) is 15.2. The van der Waals surface area contributed by atoms with Crippen molar-refractivity contribution in [1.29, 1.82) is 0 Å². The molecule has 5 aromatic rings. The van der Waals surface area contributed by atoms with E-state index in [0.717, 1.165) is 54.7 Å². The number of carbonyl (C=O) groups excluding carboxylic acids is 1. The van der Waals surface area contributed by atoms with Gasteiger partial charge < -0.3 is 15.6 Å². The first-order valence-corrected chi connectivity index (χ1v) is 13.6. The molecule has 10 nitrogen and oxygen atoms in total. The number of nitrogens with two attached hydrogens (primary N) is 1. The van der Waals surface area contributed by atoms with Crippen LogP contribution in [0.1, 0.15) is 77.0 Å². The van der Waals surface area contributed by atoms with E-state index in [4.69, 9.17) is 5.73 Å². The van der Waals surface area contributed by atoms with E-state index in [0.29, 0.717) is 16.6 Å². The molecule has 1 atom stereocenters. The summed E-state index contributed by atoms with van der Waals surface area (Å²) >= 11 is 0. The Balaban J connectivity index is 1.26. The summed E-state index contributed by atoms with van der Waals surface area (Å²) in [6.07, 6.45) is 5.69. The monoisotopic (exact) mass is 532 g/mol. The first-order chi connectivity index (χ1) is 19.4. The van der Waals surface area contributed by atoms with Crippen LogP contribution < -0.4 is 16.6 Å². The maximum Gasteiger partial charge on any atom is 0.260 e. The van der Waals surface area contributed by atoms with Crippen LogP contribution >= 0.6 is 0 Å². The average Bonchev–Trinajstić information content (AvgIpc) is 3.39. The summed E-state index contributed by atoms with van der Waals surface area (Å²) < 4.78 is 5.33. The molecule has 0 spiro atoms. The zero-order chi connectivity index (χ0) is 27.5. The highest BCUT2D eigenvalue weighted by molar-refractivity contribution is 6.04. The fourth-order valence-electron chi connectivity index (χ4n) is 5.59. The van der Waals surface area contributed by atoms with Gasteiger partial charge in [-0.05, 0) is 75.1 Å². The molecule has 3 N–H and O–H groups in total. The molecular formula is C30H28N8O2. The molecule has 2 aliphatic rings. The van der Waals surface area contributed by atoms with Gasteiger partial charge in [-0.15, -0.1) is 5.10 Å². The number of aromatic nitrogens is 6. The number of hydrogen-bond acceptors (Lipinski definition) is 6. The number of fused-ring (bicyclic) bond motifs is 3.